The highest BCUT2D eigenvalue weighted by Crippen LogP contribution is 2.36. The molecule has 3 nitrogen and oxygen atoms in total. The molecule has 19 heavy (non-hydrogen) atoms. The molecule has 0 saturated heterocycles. The number of fused-ring (bicyclic) bond motifs is 1. The van der Waals surface area contributed by atoms with Crippen molar-refractivity contribution in [3.63, 3.8) is 0 Å². The van der Waals surface area contributed by atoms with Gasteiger partial charge in [0.15, 0.2) is 0 Å². The summed E-state index contributed by atoms with van der Waals surface area (Å²) in [6, 6.07) is 3.32. The summed E-state index contributed by atoms with van der Waals surface area (Å²) in [5.74, 6) is -0.359. The van der Waals surface area contributed by atoms with Crippen molar-refractivity contribution in [3.05, 3.63) is 38.5 Å². The molecule has 0 radical (unpaired) electrons. The first-order chi connectivity index (χ1) is 8.93. The van der Waals surface area contributed by atoms with Gasteiger partial charge >= 0.3 is 5.97 Å². The quantitative estimate of drug-likeness (QED) is 0.615. The summed E-state index contributed by atoms with van der Waals surface area (Å²) in [7, 11) is 1.33. The standard InChI is InChI=1S/C13H10Cl3NO2/c1-6-3-7(4-10(18)19-2)17-13-9(15)5-8(14)12(16)11(6)13/h3,5H,4H2,1-2H3. The van der Waals surface area contributed by atoms with Gasteiger partial charge in [-0.2, -0.15) is 0 Å². The molecule has 0 N–H and O–H groups in total. The highest BCUT2D eigenvalue weighted by atomic mass is 35.5. The lowest BCUT2D eigenvalue weighted by Crippen LogP contribution is -2.06. The number of esters is 1. The fourth-order valence-electron chi connectivity index (χ4n) is 1.86. The van der Waals surface area contributed by atoms with Gasteiger partial charge in [0, 0.05) is 5.39 Å². The number of ether oxygens (including phenoxy) is 1. The first-order valence-corrected chi connectivity index (χ1v) is 6.58. The van der Waals surface area contributed by atoms with Crippen molar-refractivity contribution in [2.24, 2.45) is 0 Å². The molecular formula is C13H10Cl3NO2. The van der Waals surface area contributed by atoms with Crippen molar-refractivity contribution in [1.29, 1.82) is 0 Å². The molecule has 0 unspecified atom stereocenters. The van der Waals surface area contributed by atoms with E-state index in [2.05, 4.69) is 9.72 Å². The fourth-order valence-corrected chi connectivity index (χ4v) is 2.66. The Morgan fingerprint density at radius 2 is 1.95 bits per heavy atom. The van der Waals surface area contributed by atoms with Gasteiger partial charge in [0.2, 0.25) is 0 Å². The number of pyridine rings is 1. The molecule has 0 saturated carbocycles. The maximum absolute atomic E-state index is 11.3. The van der Waals surface area contributed by atoms with Gasteiger partial charge in [-0.25, -0.2) is 0 Å². The van der Waals surface area contributed by atoms with Crippen molar-refractivity contribution in [1.82, 2.24) is 4.98 Å². The number of halogens is 3. The van der Waals surface area contributed by atoms with Crippen LogP contribution in [0.1, 0.15) is 11.3 Å². The number of aromatic nitrogens is 1. The van der Waals surface area contributed by atoms with Crippen molar-refractivity contribution >= 4 is 51.7 Å². The van der Waals surface area contributed by atoms with Crippen LogP contribution in [0.25, 0.3) is 10.9 Å². The van der Waals surface area contributed by atoms with E-state index >= 15 is 0 Å². The number of benzene rings is 1. The molecule has 0 amide bonds. The Labute approximate surface area is 125 Å². The van der Waals surface area contributed by atoms with Crippen LogP contribution in [0.2, 0.25) is 15.1 Å². The van der Waals surface area contributed by atoms with Crippen molar-refractivity contribution < 1.29 is 9.53 Å². The second-order valence-corrected chi connectivity index (χ2v) is 5.25. The SMILES string of the molecule is COC(=O)Cc1cc(C)c2c(Cl)c(Cl)cc(Cl)c2n1. The summed E-state index contributed by atoms with van der Waals surface area (Å²) >= 11 is 18.3. The molecule has 0 aliphatic carbocycles. The molecule has 100 valence electrons. The van der Waals surface area contributed by atoms with Crippen LogP contribution in [0.5, 0.6) is 0 Å². The zero-order valence-corrected chi connectivity index (χ0v) is 12.5. The average molecular weight is 319 g/mol. The molecule has 0 bridgehead atoms. The van der Waals surface area contributed by atoms with Crippen molar-refractivity contribution in [2.45, 2.75) is 13.3 Å². The Hall–Kier alpha value is -1.03. The monoisotopic (exact) mass is 317 g/mol. The Morgan fingerprint density at radius 1 is 1.26 bits per heavy atom. The zero-order chi connectivity index (χ0) is 14.2. The van der Waals surface area contributed by atoms with E-state index < -0.39 is 0 Å². The minimum Gasteiger partial charge on any atom is -0.469 e. The van der Waals surface area contributed by atoms with E-state index in [-0.39, 0.29) is 12.4 Å². The van der Waals surface area contributed by atoms with Gasteiger partial charge < -0.3 is 4.74 Å². The van der Waals surface area contributed by atoms with E-state index in [9.17, 15) is 4.79 Å². The molecule has 1 aromatic carbocycles. The predicted octanol–water partition coefficient (Wildman–Crippen LogP) is 4.22. The summed E-state index contributed by atoms with van der Waals surface area (Å²) in [6.07, 6.45) is 0.0872. The van der Waals surface area contributed by atoms with Crippen molar-refractivity contribution in [3.8, 4) is 0 Å². The topological polar surface area (TPSA) is 39.2 Å². The number of carbonyl (C=O) groups is 1. The second-order valence-electron chi connectivity index (χ2n) is 4.06. The van der Waals surface area contributed by atoms with Gasteiger partial charge in [-0.3, -0.25) is 9.78 Å². The molecule has 0 aliphatic heterocycles. The predicted molar refractivity (Wildman–Crippen MR) is 77.2 cm³/mol. The normalized spacial score (nSPS) is 10.8. The van der Waals surface area contributed by atoms with Crippen LogP contribution in [0.4, 0.5) is 0 Å². The van der Waals surface area contributed by atoms with Crippen LogP contribution >= 0.6 is 34.8 Å². The summed E-state index contributed by atoms with van der Waals surface area (Å²) in [6.45, 7) is 1.86. The van der Waals surface area contributed by atoms with E-state index in [1.54, 1.807) is 12.1 Å². The molecular weight excluding hydrogens is 309 g/mol. The van der Waals surface area contributed by atoms with Crippen LogP contribution in [0, 0.1) is 6.92 Å². The molecule has 0 atom stereocenters. The molecule has 6 heteroatoms. The minimum atomic E-state index is -0.359. The highest BCUT2D eigenvalue weighted by molar-refractivity contribution is 6.47. The molecule has 0 fully saturated rings. The summed E-state index contributed by atoms with van der Waals surface area (Å²) in [4.78, 5) is 15.6. The lowest BCUT2D eigenvalue weighted by atomic mass is 10.1. The zero-order valence-electron chi connectivity index (χ0n) is 10.3. The third-order valence-electron chi connectivity index (χ3n) is 2.73. The number of aryl methyl sites for hydroxylation is 1. The lowest BCUT2D eigenvalue weighted by molar-refractivity contribution is -0.139. The average Bonchev–Trinajstić information content (AvgIpc) is 2.35. The molecule has 2 aromatic rings. The van der Waals surface area contributed by atoms with Gasteiger partial charge in [-0.15, -0.1) is 0 Å². The number of hydrogen-bond acceptors (Lipinski definition) is 3. The van der Waals surface area contributed by atoms with E-state index in [0.717, 1.165) is 5.56 Å². The Bertz CT molecular complexity index is 671. The molecule has 1 aromatic heterocycles. The van der Waals surface area contributed by atoms with Crippen LogP contribution in [-0.4, -0.2) is 18.1 Å². The largest absolute Gasteiger partial charge is 0.469 e. The molecule has 2 rings (SSSR count). The molecule has 1 heterocycles. The van der Waals surface area contributed by atoms with Crippen LogP contribution in [0.15, 0.2) is 12.1 Å². The third kappa shape index (κ3) is 2.78. The van der Waals surface area contributed by atoms with Crippen LogP contribution in [-0.2, 0) is 16.0 Å². The van der Waals surface area contributed by atoms with E-state index in [1.807, 2.05) is 6.92 Å². The smallest absolute Gasteiger partial charge is 0.311 e. The van der Waals surface area contributed by atoms with E-state index in [1.165, 1.54) is 7.11 Å². The van der Waals surface area contributed by atoms with Gasteiger partial charge in [-0.1, -0.05) is 34.8 Å². The Kier molecular flexibility index (Phi) is 4.19. The van der Waals surface area contributed by atoms with E-state index in [0.29, 0.717) is 31.7 Å². The van der Waals surface area contributed by atoms with Crippen LogP contribution in [0.3, 0.4) is 0 Å². The van der Waals surface area contributed by atoms with E-state index in [4.69, 9.17) is 34.8 Å². The molecule has 0 aliphatic rings. The molecule has 0 spiro atoms. The van der Waals surface area contributed by atoms with Gasteiger partial charge in [0.25, 0.3) is 0 Å². The number of hydrogen-bond donors (Lipinski definition) is 0. The Balaban J connectivity index is 2.67. The summed E-state index contributed by atoms with van der Waals surface area (Å²) in [5.41, 5.74) is 1.98. The van der Waals surface area contributed by atoms with Gasteiger partial charge in [0.05, 0.1) is 39.8 Å². The minimum absolute atomic E-state index is 0.0872. The maximum Gasteiger partial charge on any atom is 0.311 e. The lowest BCUT2D eigenvalue weighted by Gasteiger charge is -2.10. The highest BCUT2D eigenvalue weighted by Gasteiger charge is 2.14. The van der Waals surface area contributed by atoms with Gasteiger partial charge in [-0.05, 0) is 24.6 Å². The summed E-state index contributed by atoms with van der Waals surface area (Å²) in [5, 5.41) is 1.90. The maximum atomic E-state index is 11.3. The number of methoxy groups -OCH3 is 1. The third-order valence-corrected chi connectivity index (χ3v) is 3.81. The number of carbonyl (C=O) groups excluding carboxylic acids is 1. The first kappa shape index (κ1) is 14.4. The van der Waals surface area contributed by atoms with Crippen molar-refractivity contribution in [2.75, 3.05) is 7.11 Å². The number of nitrogens with zero attached hydrogens (tertiary/aromatic N) is 1. The van der Waals surface area contributed by atoms with Crippen LogP contribution < -0.4 is 0 Å². The Morgan fingerprint density at radius 3 is 2.58 bits per heavy atom. The fraction of sp³-hybridized carbons (Fsp3) is 0.231. The first-order valence-electron chi connectivity index (χ1n) is 5.44. The van der Waals surface area contributed by atoms with Gasteiger partial charge in [0.1, 0.15) is 0 Å². The number of rotatable bonds is 2. The summed E-state index contributed by atoms with van der Waals surface area (Å²) < 4.78 is 4.62. The second kappa shape index (κ2) is 5.53.